The maximum atomic E-state index is 6.05. The largest absolute Gasteiger partial charge is 0.380 e. The number of fused-ring (bicyclic) bond motifs is 1. The lowest BCUT2D eigenvalue weighted by atomic mass is 10.1. The Bertz CT molecular complexity index is 660. The highest BCUT2D eigenvalue weighted by Crippen LogP contribution is 2.37. The molecule has 2 unspecified atom stereocenters. The molecule has 2 aromatic rings. The molecule has 1 saturated heterocycles. The van der Waals surface area contributed by atoms with Crippen LogP contribution in [0.15, 0.2) is 12.4 Å². The Morgan fingerprint density at radius 2 is 2.14 bits per heavy atom. The van der Waals surface area contributed by atoms with Crippen molar-refractivity contribution in [2.45, 2.75) is 37.3 Å². The van der Waals surface area contributed by atoms with E-state index in [0.29, 0.717) is 18.0 Å². The average Bonchev–Trinajstić information content (AvgIpc) is 3.01. The third kappa shape index (κ3) is 2.69. The number of thiophene rings is 1. The first-order chi connectivity index (χ1) is 10.2. The Morgan fingerprint density at radius 3 is 2.77 bits per heavy atom. The molecule has 0 amide bonds. The monoisotopic (exact) mass is 340 g/mol. The smallest absolute Gasteiger partial charge is 0.140 e. The van der Waals surface area contributed by atoms with E-state index in [1.807, 2.05) is 0 Å². The van der Waals surface area contributed by atoms with Crippen LogP contribution in [-0.2, 0) is 4.74 Å². The summed E-state index contributed by atoms with van der Waals surface area (Å²) in [4.78, 5) is 13.7. The SMILES string of the molecule is CN(c1ncnc2sc(C3COC3)cc12)C1CCC(N)C1.Cl. The van der Waals surface area contributed by atoms with E-state index in [2.05, 4.69) is 28.0 Å². The molecule has 2 atom stereocenters. The lowest BCUT2D eigenvalue weighted by Gasteiger charge is -2.26. The number of ether oxygens (including phenoxy) is 1. The van der Waals surface area contributed by atoms with Crippen molar-refractivity contribution in [3.05, 3.63) is 17.3 Å². The van der Waals surface area contributed by atoms with Gasteiger partial charge in [0.2, 0.25) is 0 Å². The molecule has 2 aromatic heterocycles. The zero-order valence-corrected chi connectivity index (χ0v) is 14.2. The van der Waals surface area contributed by atoms with Gasteiger partial charge in [0.1, 0.15) is 17.0 Å². The van der Waals surface area contributed by atoms with E-state index < -0.39 is 0 Å². The lowest BCUT2D eigenvalue weighted by Crippen LogP contribution is -2.31. The molecule has 1 saturated carbocycles. The number of anilines is 1. The quantitative estimate of drug-likeness (QED) is 0.930. The first kappa shape index (κ1) is 15.9. The summed E-state index contributed by atoms with van der Waals surface area (Å²) in [6.45, 7) is 1.67. The van der Waals surface area contributed by atoms with E-state index in [1.165, 1.54) is 10.3 Å². The molecule has 1 aliphatic heterocycles. The third-order valence-electron chi connectivity index (χ3n) is 4.70. The molecule has 2 aliphatic rings. The summed E-state index contributed by atoms with van der Waals surface area (Å²) in [5.41, 5.74) is 6.05. The molecule has 1 aliphatic carbocycles. The van der Waals surface area contributed by atoms with Crippen LogP contribution in [0.25, 0.3) is 10.2 Å². The van der Waals surface area contributed by atoms with Crippen molar-refractivity contribution in [3.8, 4) is 0 Å². The van der Waals surface area contributed by atoms with E-state index in [4.69, 9.17) is 10.5 Å². The number of hydrogen-bond acceptors (Lipinski definition) is 6. The standard InChI is InChI=1S/C15H20N4OS.ClH/c1-19(11-3-2-10(16)4-11)14-12-5-13(9-6-20-7-9)21-15(12)18-8-17-14;/h5,8-11H,2-4,6-7,16H2,1H3;1H. The van der Waals surface area contributed by atoms with Crippen molar-refractivity contribution in [3.63, 3.8) is 0 Å². The molecule has 7 heteroatoms. The van der Waals surface area contributed by atoms with Gasteiger partial charge in [0.05, 0.1) is 18.6 Å². The second-order valence-electron chi connectivity index (χ2n) is 6.14. The van der Waals surface area contributed by atoms with Crippen LogP contribution >= 0.6 is 23.7 Å². The number of aromatic nitrogens is 2. The summed E-state index contributed by atoms with van der Waals surface area (Å²) < 4.78 is 5.30. The minimum atomic E-state index is 0. The van der Waals surface area contributed by atoms with Crippen molar-refractivity contribution in [1.29, 1.82) is 0 Å². The average molecular weight is 341 g/mol. The highest BCUT2D eigenvalue weighted by atomic mass is 35.5. The highest BCUT2D eigenvalue weighted by Gasteiger charge is 2.28. The van der Waals surface area contributed by atoms with Crippen LogP contribution in [0.3, 0.4) is 0 Å². The van der Waals surface area contributed by atoms with Gasteiger partial charge in [-0.05, 0) is 25.3 Å². The summed E-state index contributed by atoms with van der Waals surface area (Å²) in [5.74, 6) is 1.59. The Labute approximate surface area is 140 Å². The van der Waals surface area contributed by atoms with Gasteiger partial charge in [-0.15, -0.1) is 23.7 Å². The fourth-order valence-electron chi connectivity index (χ4n) is 3.26. The normalized spacial score (nSPS) is 25.0. The fraction of sp³-hybridized carbons (Fsp3) is 0.600. The predicted molar refractivity (Wildman–Crippen MR) is 92.2 cm³/mol. The van der Waals surface area contributed by atoms with Crippen LogP contribution in [0.2, 0.25) is 0 Å². The molecule has 22 heavy (non-hydrogen) atoms. The van der Waals surface area contributed by atoms with Crippen molar-refractivity contribution in [1.82, 2.24) is 9.97 Å². The van der Waals surface area contributed by atoms with E-state index in [9.17, 15) is 0 Å². The zero-order chi connectivity index (χ0) is 14.4. The Morgan fingerprint density at radius 1 is 1.32 bits per heavy atom. The topological polar surface area (TPSA) is 64.3 Å². The van der Waals surface area contributed by atoms with Gasteiger partial charge in [-0.25, -0.2) is 9.97 Å². The first-order valence-electron chi connectivity index (χ1n) is 7.53. The Kier molecular flexibility index (Phi) is 4.54. The maximum Gasteiger partial charge on any atom is 0.140 e. The number of rotatable bonds is 3. The minimum Gasteiger partial charge on any atom is -0.380 e. The molecule has 5 nitrogen and oxygen atoms in total. The van der Waals surface area contributed by atoms with Crippen molar-refractivity contribution < 1.29 is 4.74 Å². The molecule has 3 heterocycles. The van der Waals surface area contributed by atoms with E-state index in [0.717, 1.165) is 43.1 Å². The van der Waals surface area contributed by atoms with E-state index >= 15 is 0 Å². The summed E-state index contributed by atoms with van der Waals surface area (Å²) in [5, 5.41) is 1.17. The molecule has 4 rings (SSSR count). The summed E-state index contributed by atoms with van der Waals surface area (Å²) >= 11 is 1.77. The summed E-state index contributed by atoms with van der Waals surface area (Å²) in [7, 11) is 2.13. The van der Waals surface area contributed by atoms with Crippen LogP contribution < -0.4 is 10.6 Å². The summed E-state index contributed by atoms with van der Waals surface area (Å²) in [6.07, 6.45) is 4.99. The van der Waals surface area contributed by atoms with Gasteiger partial charge in [0, 0.05) is 29.9 Å². The zero-order valence-electron chi connectivity index (χ0n) is 12.6. The van der Waals surface area contributed by atoms with E-state index in [-0.39, 0.29) is 12.4 Å². The first-order valence-corrected chi connectivity index (χ1v) is 8.34. The van der Waals surface area contributed by atoms with Crippen LogP contribution in [0, 0.1) is 0 Å². The lowest BCUT2D eigenvalue weighted by molar-refractivity contribution is 0.00991. The molecule has 0 bridgehead atoms. The molecule has 2 N–H and O–H groups in total. The third-order valence-corrected chi connectivity index (χ3v) is 5.90. The Hall–Kier alpha value is -0.950. The van der Waals surface area contributed by atoms with Crippen LogP contribution in [-0.4, -0.2) is 42.3 Å². The van der Waals surface area contributed by atoms with Gasteiger partial charge < -0.3 is 15.4 Å². The minimum absolute atomic E-state index is 0. The predicted octanol–water partition coefficient (Wildman–Crippen LogP) is 2.54. The van der Waals surface area contributed by atoms with Crippen molar-refractivity contribution in [2.75, 3.05) is 25.2 Å². The van der Waals surface area contributed by atoms with Gasteiger partial charge >= 0.3 is 0 Å². The number of nitrogens with two attached hydrogens (primary N) is 1. The molecule has 0 spiro atoms. The number of nitrogens with zero attached hydrogens (tertiary/aromatic N) is 3. The maximum absolute atomic E-state index is 6.05. The second kappa shape index (κ2) is 6.28. The highest BCUT2D eigenvalue weighted by molar-refractivity contribution is 7.18. The van der Waals surface area contributed by atoms with Crippen molar-refractivity contribution >= 4 is 39.8 Å². The van der Waals surface area contributed by atoms with Gasteiger partial charge in [0.15, 0.2) is 0 Å². The molecule has 120 valence electrons. The van der Waals surface area contributed by atoms with Crippen LogP contribution in [0.1, 0.15) is 30.1 Å². The van der Waals surface area contributed by atoms with Gasteiger partial charge in [0.25, 0.3) is 0 Å². The molecular formula is C15H21ClN4OS. The number of hydrogen-bond donors (Lipinski definition) is 1. The van der Waals surface area contributed by atoms with E-state index in [1.54, 1.807) is 17.7 Å². The fourth-order valence-corrected chi connectivity index (χ4v) is 4.32. The number of halogens is 1. The van der Waals surface area contributed by atoms with Crippen LogP contribution in [0.5, 0.6) is 0 Å². The molecule has 0 aromatic carbocycles. The van der Waals surface area contributed by atoms with Crippen molar-refractivity contribution in [2.24, 2.45) is 5.73 Å². The second-order valence-corrected chi connectivity index (χ2v) is 7.20. The van der Waals surface area contributed by atoms with Crippen LogP contribution in [0.4, 0.5) is 5.82 Å². The van der Waals surface area contributed by atoms with Gasteiger partial charge in [-0.1, -0.05) is 0 Å². The Balaban J connectivity index is 0.00000144. The van der Waals surface area contributed by atoms with Gasteiger partial charge in [-0.2, -0.15) is 0 Å². The van der Waals surface area contributed by atoms with Gasteiger partial charge in [-0.3, -0.25) is 0 Å². The molecule has 0 radical (unpaired) electrons. The molecule has 2 fully saturated rings. The molecular weight excluding hydrogens is 320 g/mol. The summed E-state index contributed by atoms with van der Waals surface area (Å²) in [6, 6.07) is 3.09.